The van der Waals surface area contributed by atoms with Crippen molar-refractivity contribution in [3.63, 3.8) is 0 Å². The normalized spacial score (nSPS) is 13.5. The number of hydrogen-bond acceptors (Lipinski definition) is 4. The second kappa shape index (κ2) is 7.35. The highest BCUT2D eigenvalue weighted by Crippen LogP contribution is 2.30. The van der Waals surface area contributed by atoms with Gasteiger partial charge in [0, 0.05) is 28.9 Å². The predicted octanol–water partition coefficient (Wildman–Crippen LogP) is 5.14. The molecule has 0 aliphatic heterocycles. The van der Waals surface area contributed by atoms with Gasteiger partial charge in [-0.25, -0.2) is 4.98 Å². The van der Waals surface area contributed by atoms with E-state index in [1.807, 2.05) is 58.0 Å². The van der Waals surface area contributed by atoms with Crippen LogP contribution in [0.3, 0.4) is 0 Å². The Morgan fingerprint density at radius 3 is 2.69 bits per heavy atom. The van der Waals surface area contributed by atoms with Gasteiger partial charge in [-0.05, 0) is 51.5 Å². The minimum Gasteiger partial charge on any atom is -0.591 e. The first-order valence-corrected chi connectivity index (χ1v) is 9.72. The summed E-state index contributed by atoms with van der Waals surface area (Å²) in [7, 11) is 0. The van der Waals surface area contributed by atoms with E-state index in [9.17, 15) is 4.55 Å². The summed E-state index contributed by atoms with van der Waals surface area (Å²) in [4.78, 5) is 9.01. The van der Waals surface area contributed by atoms with Crippen LogP contribution in [0.1, 0.15) is 31.9 Å². The van der Waals surface area contributed by atoms with E-state index < -0.39 is 16.1 Å². The van der Waals surface area contributed by atoms with Crippen molar-refractivity contribution in [3.05, 3.63) is 58.9 Å². The maximum Gasteiger partial charge on any atom is 0.144 e. The number of benzene rings is 1. The van der Waals surface area contributed by atoms with Crippen LogP contribution in [0.4, 0.5) is 0 Å². The molecule has 1 atom stereocenters. The molecule has 0 bridgehead atoms. The Kier molecular flexibility index (Phi) is 5.32. The van der Waals surface area contributed by atoms with E-state index in [0.717, 1.165) is 33.3 Å². The van der Waals surface area contributed by atoms with Gasteiger partial charge in [0.2, 0.25) is 0 Å². The van der Waals surface area contributed by atoms with Crippen LogP contribution in [0.15, 0.2) is 47.1 Å². The Hall–Kier alpha value is -1.95. The van der Waals surface area contributed by atoms with Crippen molar-refractivity contribution >= 4 is 40.1 Å². The lowest BCUT2D eigenvalue weighted by Gasteiger charge is -2.18. The summed E-state index contributed by atoms with van der Waals surface area (Å²) in [5.74, 6) is 0. The van der Waals surface area contributed by atoms with Gasteiger partial charge in [0.25, 0.3) is 0 Å². The number of aromatic nitrogens is 2. The molecular weight excluding hydrogens is 366 g/mol. The molecule has 26 heavy (non-hydrogen) atoms. The van der Waals surface area contributed by atoms with Crippen molar-refractivity contribution in [2.75, 3.05) is 0 Å². The molecule has 2 heterocycles. The Bertz CT molecular complexity index is 982. The number of halogens is 1. The first kappa shape index (κ1) is 18.8. The number of rotatable bonds is 3. The molecule has 6 heteroatoms. The smallest absolute Gasteiger partial charge is 0.144 e. The lowest BCUT2D eigenvalue weighted by molar-refractivity contribution is 0.562. The van der Waals surface area contributed by atoms with E-state index in [1.165, 1.54) is 0 Å². The third kappa shape index (κ3) is 3.90. The van der Waals surface area contributed by atoms with Crippen molar-refractivity contribution < 1.29 is 4.55 Å². The average molecular weight is 386 g/mol. The lowest BCUT2D eigenvalue weighted by atomic mass is 10.0. The molecule has 0 saturated carbocycles. The average Bonchev–Trinajstić information content (AvgIpc) is 2.59. The van der Waals surface area contributed by atoms with Crippen LogP contribution in [0.2, 0.25) is 5.02 Å². The molecule has 0 spiro atoms. The molecule has 0 fully saturated rings. The molecule has 0 N–H and O–H groups in total. The van der Waals surface area contributed by atoms with Crippen LogP contribution in [0.5, 0.6) is 0 Å². The quantitative estimate of drug-likeness (QED) is 0.463. The number of hydrogen-bond donors (Lipinski definition) is 0. The summed E-state index contributed by atoms with van der Waals surface area (Å²) in [5, 5.41) is 1.50. The zero-order chi connectivity index (χ0) is 18.9. The Morgan fingerprint density at radius 1 is 1.23 bits per heavy atom. The third-order valence-electron chi connectivity index (χ3n) is 3.93. The zero-order valence-electron chi connectivity index (χ0n) is 15.2. The van der Waals surface area contributed by atoms with E-state index in [4.69, 9.17) is 16.6 Å². The fourth-order valence-corrected chi connectivity index (χ4v) is 3.22. The monoisotopic (exact) mass is 385 g/mol. The number of aryl methyl sites for hydroxylation is 1. The highest BCUT2D eigenvalue weighted by Gasteiger charge is 2.26. The summed E-state index contributed by atoms with van der Waals surface area (Å²) in [6.07, 6.45) is 5.16. The summed E-state index contributed by atoms with van der Waals surface area (Å²) in [6, 6.07) is 9.56. The lowest BCUT2D eigenvalue weighted by Crippen LogP contribution is -2.25. The van der Waals surface area contributed by atoms with E-state index in [1.54, 1.807) is 18.6 Å². The minimum atomic E-state index is -1.35. The summed E-state index contributed by atoms with van der Waals surface area (Å²) >= 11 is 4.99. The zero-order valence-corrected chi connectivity index (χ0v) is 16.7. The van der Waals surface area contributed by atoms with E-state index >= 15 is 0 Å². The summed E-state index contributed by atoms with van der Waals surface area (Å²) in [6.45, 7) is 7.69. The summed E-state index contributed by atoms with van der Waals surface area (Å²) in [5.41, 5.74) is 4.18. The summed E-state index contributed by atoms with van der Waals surface area (Å²) < 4.78 is 16.2. The van der Waals surface area contributed by atoms with Crippen LogP contribution in [-0.2, 0) is 11.4 Å². The second-order valence-electron chi connectivity index (χ2n) is 7.02. The van der Waals surface area contributed by atoms with Crippen LogP contribution in [-0.4, -0.2) is 25.5 Å². The standard InChI is InChI=1S/C20H20ClN3OS/c1-13-8-9-22-12-16(13)18-15(11-23-26(25)20(2,3)4)10-14-6-5-7-17(21)19(14)24-18/h5-12H,1-4H3/b23-11+. The minimum absolute atomic E-state index is 0.422. The van der Waals surface area contributed by atoms with Crippen molar-refractivity contribution in [1.82, 2.24) is 9.97 Å². The molecule has 1 unspecified atom stereocenters. The largest absolute Gasteiger partial charge is 0.591 e. The molecule has 0 saturated heterocycles. The molecular formula is C20H20ClN3OS. The number of pyridine rings is 2. The molecule has 3 aromatic rings. The van der Waals surface area contributed by atoms with Crippen molar-refractivity contribution in [3.8, 4) is 11.3 Å². The maximum atomic E-state index is 12.3. The molecule has 0 aliphatic carbocycles. The van der Waals surface area contributed by atoms with Crippen molar-refractivity contribution in [1.29, 1.82) is 0 Å². The van der Waals surface area contributed by atoms with E-state index in [-0.39, 0.29) is 0 Å². The number of nitrogens with zero attached hydrogens (tertiary/aromatic N) is 3. The van der Waals surface area contributed by atoms with Crippen LogP contribution >= 0.6 is 11.6 Å². The molecule has 1 aromatic carbocycles. The van der Waals surface area contributed by atoms with Crippen LogP contribution in [0.25, 0.3) is 22.2 Å². The van der Waals surface area contributed by atoms with Gasteiger partial charge < -0.3 is 4.55 Å². The SMILES string of the molecule is Cc1ccncc1-c1nc2c(Cl)cccc2cc1/C=N/[S+]([O-])C(C)(C)C. The highest BCUT2D eigenvalue weighted by molar-refractivity contribution is 7.91. The van der Waals surface area contributed by atoms with Gasteiger partial charge in [0.15, 0.2) is 0 Å². The Morgan fingerprint density at radius 2 is 2.00 bits per heavy atom. The van der Waals surface area contributed by atoms with Gasteiger partial charge in [-0.15, -0.1) is 0 Å². The molecule has 3 rings (SSSR count). The third-order valence-corrected chi connectivity index (χ3v) is 5.58. The number of fused-ring (bicyclic) bond motifs is 1. The van der Waals surface area contributed by atoms with Gasteiger partial charge in [-0.2, -0.15) is 0 Å². The molecule has 0 aliphatic rings. The van der Waals surface area contributed by atoms with E-state index in [0.29, 0.717) is 5.02 Å². The van der Waals surface area contributed by atoms with Gasteiger partial charge in [0.05, 0.1) is 22.4 Å². The second-order valence-corrected chi connectivity index (χ2v) is 9.37. The first-order chi connectivity index (χ1) is 12.3. The van der Waals surface area contributed by atoms with Gasteiger partial charge >= 0.3 is 0 Å². The van der Waals surface area contributed by atoms with Crippen molar-refractivity contribution in [2.45, 2.75) is 32.4 Å². The van der Waals surface area contributed by atoms with Gasteiger partial charge in [-0.1, -0.05) is 28.1 Å². The fourth-order valence-electron chi connectivity index (χ4n) is 2.47. The maximum absolute atomic E-state index is 12.3. The molecule has 2 aromatic heterocycles. The Balaban J connectivity index is 2.21. The van der Waals surface area contributed by atoms with Crippen molar-refractivity contribution in [2.24, 2.45) is 4.40 Å². The van der Waals surface area contributed by atoms with Crippen LogP contribution < -0.4 is 0 Å². The highest BCUT2D eigenvalue weighted by atomic mass is 35.5. The Labute approximate surface area is 161 Å². The first-order valence-electron chi connectivity index (χ1n) is 8.23. The van der Waals surface area contributed by atoms with Crippen LogP contribution in [0, 0.1) is 6.92 Å². The van der Waals surface area contributed by atoms with Gasteiger partial charge in [-0.3, -0.25) is 4.98 Å². The predicted molar refractivity (Wildman–Crippen MR) is 110 cm³/mol. The number of para-hydroxylation sites is 1. The molecule has 0 amide bonds. The fraction of sp³-hybridized carbons (Fsp3) is 0.250. The molecule has 0 radical (unpaired) electrons. The molecule has 4 nitrogen and oxygen atoms in total. The topological polar surface area (TPSA) is 61.2 Å². The van der Waals surface area contributed by atoms with Gasteiger partial charge in [0.1, 0.15) is 16.1 Å². The molecule has 134 valence electrons. The van der Waals surface area contributed by atoms with E-state index in [2.05, 4.69) is 9.38 Å².